The molecule has 0 spiro atoms. The fourth-order valence-electron chi connectivity index (χ4n) is 2.40. The molecular formula is C14H23N3O. The molecule has 100 valence electrons. The van der Waals surface area contributed by atoms with E-state index >= 15 is 0 Å². The molecule has 0 saturated carbocycles. The van der Waals surface area contributed by atoms with Gasteiger partial charge in [-0.2, -0.15) is 0 Å². The van der Waals surface area contributed by atoms with E-state index in [1.807, 2.05) is 12.1 Å². The molecule has 1 aliphatic heterocycles. The first-order valence-corrected chi connectivity index (χ1v) is 6.56. The largest absolute Gasteiger partial charge is 0.497 e. The highest BCUT2D eigenvalue weighted by Gasteiger charge is 2.17. The number of methoxy groups -OCH3 is 1. The van der Waals surface area contributed by atoms with Gasteiger partial charge in [0.2, 0.25) is 0 Å². The van der Waals surface area contributed by atoms with Crippen molar-refractivity contribution in [3.8, 4) is 5.75 Å². The summed E-state index contributed by atoms with van der Waals surface area (Å²) in [6.07, 6.45) is 0. The second kappa shape index (κ2) is 6.07. The fraction of sp³-hybridized carbons (Fsp3) is 0.571. The number of nitrogens with two attached hydrogens (primary N) is 1. The van der Waals surface area contributed by atoms with E-state index in [0.29, 0.717) is 0 Å². The van der Waals surface area contributed by atoms with Crippen molar-refractivity contribution in [2.24, 2.45) is 5.73 Å². The minimum absolute atomic E-state index is 0.258. The van der Waals surface area contributed by atoms with Crippen molar-refractivity contribution in [1.29, 1.82) is 0 Å². The Hall–Kier alpha value is -1.26. The van der Waals surface area contributed by atoms with Crippen molar-refractivity contribution in [3.05, 3.63) is 24.3 Å². The van der Waals surface area contributed by atoms with Gasteiger partial charge in [-0.1, -0.05) is 6.07 Å². The second-order valence-electron chi connectivity index (χ2n) is 4.97. The van der Waals surface area contributed by atoms with Gasteiger partial charge in [0.1, 0.15) is 5.75 Å². The average Bonchev–Trinajstić information content (AvgIpc) is 2.39. The van der Waals surface area contributed by atoms with Gasteiger partial charge in [0, 0.05) is 50.5 Å². The molecule has 0 radical (unpaired) electrons. The molecule has 0 aliphatic carbocycles. The van der Waals surface area contributed by atoms with Gasteiger partial charge in [-0.05, 0) is 19.1 Å². The maximum absolute atomic E-state index is 5.84. The van der Waals surface area contributed by atoms with Crippen LogP contribution in [0.15, 0.2) is 24.3 Å². The van der Waals surface area contributed by atoms with Crippen molar-refractivity contribution >= 4 is 5.69 Å². The van der Waals surface area contributed by atoms with Crippen LogP contribution in [0.4, 0.5) is 5.69 Å². The molecule has 1 fully saturated rings. The molecule has 4 nitrogen and oxygen atoms in total. The van der Waals surface area contributed by atoms with Crippen molar-refractivity contribution in [2.75, 3.05) is 44.7 Å². The average molecular weight is 249 g/mol. The molecule has 1 aromatic rings. The highest BCUT2D eigenvalue weighted by atomic mass is 16.5. The van der Waals surface area contributed by atoms with E-state index in [0.717, 1.165) is 38.5 Å². The van der Waals surface area contributed by atoms with Crippen LogP contribution in [0.3, 0.4) is 0 Å². The SMILES string of the molecule is COc1cccc(N2CCN(C[C@@H](C)N)CC2)c1. The van der Waals surface area contributed by atoms with Crippen LogP contribution >= 0.6 is 0 Å². The normalized spacial score (nSPS) is 18.7. The number of hydrogen-bond acceptors (Lipinski definition) is 4. The lowest BCUT2D eigenvalue weighted by atomic mass is 10.2. The van der Waals surface area contributed by atoms with Crippen LogP contribution in [0.2, 0.25) is 0 Å². The van der Waals surface area contributed by atoms with Crippen molar-refractivity contribution in [1.82, 2.24) is 4.90 Å². The van der Waals surface area contributed by atoms with Gasteiger partial charge in [0.15, 0.2) is 0 Å². The highest BCUT2D eigenvalue weighted by Crippen LogP contribution is 2.21. The second-order valence-corrected chi connectivity index (χ2v) is 4.97. The Morgan fingerprint density at radius 1 is 1.28 bits per heavy atom. The first-order valence-electron chi connectivity index (χ1n) is 6.56. The summed E-state index contributed by atoms with van der Waals surface area (Å²) >= 11 is 0. The lowest BCUT2D eigenvalue weighted by Crippen LogP contribution is -2.49. The van der Waals surface area contributed by atoms with Gasteiger partial charge >= 0.3 is 0 Å². The molecule has 2 N–H and O–H groups in total. The monoisotopic (exact) mass is 249 g/mol. The number of hydrogen-bond donors (Lipinski definition) is 1. The molecule has 2 rings (SSSR count). The van der Waals surface area contributed by atoms with E-state index in [2.05, 4.69) is 28.9 Å². The lowest BCUT2D eigenvalue weighted by molar-refractivity contribution is 0.246. The molecule has 1 aliphatic rings. The smallest absolute Gasteiger partial charge is 0.120 e. The number of benzene rings is 1. The zero-order chi connectivity index (χ0) is 13.0. The standard InChI is InChI=1S/C14H23N3O/c1-12(15)11-16-6-8-17(9-7-16)13-4-3-5-14(10-13)18-2/h3-5,10,12H,6-9,11,15H2,1-2H3/t12-/m1/s1. The Kier molecular flexibility index (Phi) is 4.44. The summed E-state index contributed by atoms with van der Waals surface area (Å²) in [4.78, 5) is 4.83. The predicted molar refractivity (Wildman–Crippen MR) is 75.3 cm³/mol. The summed E-state index contributed by atoms with van der Waals surface area (Å²) in [6, 6.07) is 8.52. The minimum atomic E-state index is 0.258. The van der Waals surface area contributed by atoms with E-state index in [4.69, 9.17) is 10.5 Å². The maximum atomic E-state index is 5.84. The van der Waals surface area contributed by atoms with Crippen molar-refractivity contribution in [3.63, 3.8) is 0 Å². The molecule has 0 bridgehead atoms. The van der Waals surface area contributed by atoms with Gasteiger partial charge in [0.05, 0.1) is 7.11 Å². The summed E-state index contributed by atoms with van der Waals surface area (Å²) in [5.74, 6) is 0.922. The van der Waals surface area contributed by atoms with Gasteiger partial charge in [-0.3, -0.25) is 4.90 Å². The Labute approximate surface area is 109 Å². The zero-order valence-corrected chi connectivity index (χ0v) is 11.3. The van der Waals surface area contributed by atoms with Crippen LogP contribution < -0.4 is 15.4 Å². The number of ether oxygens (including phenoxy) is 1. The summed E-state index contributed by atoms with van der Waals surface area (Å²) in [6.45, 7) is 7.33. The van der Waals surface area contributed by atoms with E-state index < -0.39 is 0 Å². The van der Waals surface area contributed by atoms with Crippen LogP contribution in [-0.2, 0) is 0 Å². The van der Waals surface area contributed by atoms with E-state index in [1.54, 1.807) is 7.11 Å². The summed E-state index contributed by atoms with van der Waals surface area (Å²) in [5, 5.41) is 0. The topological polar surface area (TPSA) is 41.7 Å². The van der Waals surface area contributed by atoms with Gasteiger partial charge in [-0.15, -0.1) is 0 Å². The maximum Gasteiger partial charge on any atom is 0.120 e. The van der Waals surface area contributed by atoms with Crippen LogP contribution in [0.1, 0.15) is 6.92 Å². The first kappa shape index (κ1) is 13.2. The third-order valence-corrected chi connectivity index (χ3v) is 3.34. The molecule has 1 heterocycles. The molecule has 1 saturated heterocycles. The third kappa shape index (κ3) is 3.37. The van der Waals surface area contributed by atoms with E-state index in [9.17, 15) is 0 Å². The lowest BCUT2D eigenvalue weighted by Gasteiger charge is -2.36. The number of anilines is 1. The van der Waals surface area contributed by atoms with Crippen molar-refractivity contribution in [2.45, 2.75) is 13.0 Å². The summed E-state index contributed by atoms with van der Waals surface area (Å²) in [7, 11) is 1.71. The molecule has 1 atom stereocenters. The molecule has 1 aromatic carbocycles. The Morgan fingerprint density at radius 3 is 2.61 bits per heavy atom. The van der Waals surface area contributed by atoms with Crippen LogP contribution in [-0.4, -0.2) is 50.8 Å². The number of nitrogens with zero attached hydrogens (tertiary/aromatic N) is 2. The minimum Gasteiger partial charge on any atom is -0.497 e. The zero-order valence-electron chi connectivity index (χ0n) is 11.3. The van der Waals surface area contributed by atoms with Gasteiger partial charge < -0.3 is 15.4 Å². The molecule has 0 aromatic heterocycles. The van der Waals surface area contributed by atoms with Crippen LogP contribution in [0, 0.1) is 0 Å². The van der Waals surface area contributed by atoms with E-state index in [1.165, 1.54) is 5.69 Å². The summed E-state index contributed by atoms with van der Waals surface area (Å²) in [5.41, 5.74) is 7.08. The Bertz CT molecular complexity index is 373. The van der Waals surface area contributed by atoms with Crippen LogP contribution in [0.5, 0.6) is 5.75 Å². The fourth-order valence-corrected chi connectivity index (χ4v) is 2.40. The molecule has 4 heteroatoms. The molecule has 18 heavy (non-hydrogen) atoms. The number of rotatable bonds is 4. The van der Waals surface area contributed by atoms with Crippen LogP contribution in [0.25, 0.3) is 0 Å². The quantitative estimate of drug-likeness (QED) is 0.869. The van der Waals surface area contributed by atoms with Crippen molar-refractivity contribution < 1.29 is 4.74 Å². The predicted octanol–water partition coefficient (Wildman–Crippen LogP) is 1.16. The van der Waals surface area contributed by atoms with Gasteiger partial charge in [-0.25, -0.2) is 0 Å². The van der Waals surface area contributed by atoms with Gasteiger partial charge in [0.25, 0.3) is 0 Å². The molecule has 0 unspecified atom stereocenters. The first-order chi connectivity index (χ1) is 8.69. The summed E-state index contributed by atoms with van der Waals surface area (Å²) < 4.78 is 5.27. The molecular weight excluding hydrogens is 226 g/mol. The third-order valence-electron chi connectivity index (χ3n) is 3.34. The van der Waals surface area contributed by atoms with E-state index in [-0.39, 0.29) is 6.04 Å². The Balaban J connectivity index is 1.92. The Morgan fingerprint density at radius 2 is 2.00 bits per heavy atom. The number of piperazine rings is 1. The molecule has 0 amide bonds. The highest BCUT2D eigenvalue weighted by molar-refractivity contribution is 5.51.